The van der Waals surface area contributed by atoms with E-state index >= 15 is 0 Å². The molecule has 108 valence electrons. The highest BCUT2D eigenvalue weighted by molar-refractivity contribution is 5.97. The molecule has 0 N–H and O–H groups in total. The van der Waals surface area contributed by atoms with Gasteiger partial charge in [0.15, 0.2) is 5.58 Å². The van der Waals surface area contributed by atoms with Gasteiger partial charge in [0.2, 0.25) is 0 Å². The zero-order chi connectivity index (χ0) is 14.7. The number of carbonyl (C=O) groups is 1. The summed E-state index contributed by atoms with van der Waals surface area (Å²) in [7, 11) is 1.65. The molecule has 0 saturated heterocycles. The van der Waals surface area contributed by atoms with E-state index in [1.807, 2.05) is 4.90 Å². The van der Waals surface area contributed by atoms with Gasteiger partial charge in [0.25, 0.3) is 5.91 Å². The van der Waals surface area contributed by atoms with Crippen LogP contribution in [0, 0.1) is 0 Å². The fraction of sp³-hybridized carbons (Fsp3) is 0.467. The average Bonchev–Trinajstić information content (AvgIpc) is 2.72. The average molecular weight is 276 g/mol. The first-order chi connectivity index (χ1) is 9.58. The van der Waals surface area contributed by atoms with E-state index in [1.54, 1.807) is 25.2 Å². The predicted molar refractivity (Wildman–Crippen MR) is 77.9 cm³/mol. The molecule has 20 heavy (non-hydrogen) atoms. The standard InChI is InChI=1S/C15H20N2O3/c1-4-8-17(9-5-2)14(18)11-6-7-12-13(10-11)20-15(19)16(12)3/h6-7,10H,4-5,8-9H2,1-3H3. The Hall–Kier alpha value is -2.04. The van der Waals surface area contributed by atoms with Crippen molar-refractivity contribution < 1.29 is 9.21 Å². The Labute approximate surface area is 117 Å². The number of carbonyl (C=O) groups excluding carboxylic acids is 1. The number of oxazole rings is 1. The molecule has 0 aliphatic heterocycles. The van der Waals surface area contributed by atoms with Gasteiger partial charge in [0, 0.05) is 25.7 Å². The number of rotatable bonds is 5. The second-order valence-electron chi connectivity index (χ2n) is 4.90. The van der Waals surface area contributed by atoms with Crippen molar-refractivity contribution in [1.82, 2.24) is 9.47 Å². The maximum Gasteiger partial charge on any atom is 0.419 e. The minimum Gasteiger partial charge on any atom is -0.408 e. The van der Waals surface area contributed by atoms with E-state index in [0.29, 0.717) is 16.7 Å². The lowest BCUT2D eigenvalue weighted by Crippen LogP contribution is -2.32. The van der Waals surface area contributed by atoms with Crippen molar-refractivity contribution in [1.29, 1.82) is 0 Å². The van der Waals surface area contributed by atoms with Gasteiger partial charge in [-0.2, -0.15) is 0 Å². The zero-order valence-corrected chi connectivity index (χ0v) is 12.2. The quantitative estimate of drug-likeness (QED) is 0.842. The van der Waals surface area contributed by atoms with Crippen molar-refractivity contribution in [2.75, 3.05) is 13.1 Å². The van der Waals surface area contributed by atoms with Gasteiger partial charge in [-0.1, -0.05) is 13.8 Å². The van der Waals surface area contributed by atoms with Crippen LogP contribution in [0.1, 0.15) is 37.0 Å². The zero-order valence-electron chi connectivity index (χ0n) is 12.2. The van der Waals surface area contributed by atoms with Crippen LogP contribution in [-0.4, -0.2) is 28.5 Å². The number of aromatic nitrogens is 1. The molecule has 5 nitrogen and oxygen atoms in total. The molecule has 0 radical (unpaired) electrons. The van der Waals surface area contributed by atoms with Crippen molar-refractivity contribution >= 4 is 17.0 Å². The third-order valence-electron chi connectivity index (χ3n) is 3.31. The topological polar surface area (TPSA) is 55.5 Å². The molecule has 5 heteroatoms. The van der Waals surface area contributed by atoms with Crippen molar-refractivity contribution in [3.8, 4) is 0 Å². The largest absolute Gasteiger partial charge is 0.419 e. The van der Waals surface area contributed by atoms with Crippen LogP contribution in [0.2, 0.25) is 0 Å². The monoisotopic (exact) mass is 276 g/mol. The molecule has 0 spiro atoms. The summed E-state index contributed by atoms with van der Waals surface area (Å²) in [6, 6.07) is 5.15. The van der Waals surface area contributed by atoms with E-state index in [-0.39, 0.29) is 5.91 Å². The lowest BCUT2D eigenvalue weighted by Gasteiger charge is -2.21. The van der Waals surface area contributed by atoms with Gasteiger partial charge in [0.05, 0.1) is 5.52 Å². The van der Waals surface area contributed by atoms with Gasteiger partial charge >= 0.3 is 5.76 Å². The SMILES string of the molecule is CCCN(CCC)C(=O)c1ccc2c(c1)oc(=O)n2C. The van der Waals surface area contributed by atoms with Crippen LogP contribution < -0.4 is 5.76 Å². The van der Waals surface area contributed by atoms with Crippen LogP contribution in [0.5, 0.6) is 0 Å². The number of fused-ring (bicyclic) bond motifs is 1. The number of amides is 1. The number of hydrogen-bond acceptors (Lipinski definition) is 3. The second kappa shape index (κ2) is 5.94. The summed E-state index contributed by atoms with van der Waals surface area (Å²) in [6.07, 6.45) is 1.85. The fourth-order valence-electron chi connectivity index (χ4n) is 2.30. The van der Waals surface area contributed by atoms with E-state index in [0.717, 1.165) is 25.9 Å². The highest BCUT2D eigenvalue weighted by Crippen LogP contribution is 2.16. The lowest BCUT2D eigenvalue weighted by molar-refractivity contribution is 0.0755. The van der Waals surface area contributed by atoms with E-state index < -0.39 is 5.76 Å². The van der Waals surface area contributed by atoms with Crippen molar-refractivity contribution in [3.05, 3.63) is 34.3 Å². The molecule has 0 saturated carbocycles. The summed E-state index contributed by atoms with van der Waals surface area (Å²) in [5.74, 6) is -0.425. The van der Waals surface area contributed by atoms with Gasteiger partial charge in [-0.05, 0) is 31.0 Å². The Morgan fingerprint density at radius 3 is 2.50 bits per heavy atom. The van der Waals surface area contributed by atoms with Crippen LogP contribution in [0.4, 0.5) is 0 Å². The molecule has 2 rings (SSSR count). The predicted octanol–water partition coefficient (Wildman–Crippen LogP) is 2.39. The van der Waals surface area contributed by atoms with E-state index in [4.69, 9.17) is 4.42 Å². The highest BCUT2D eigenvalue weighted by Gasteiger charge is 2.16. The second-order valence-corrected chi connectivity index (χ2v) is 4.90. The van der Waals surface area contributed by atoms with Gasteiger partial charge < -0.3 is 9.32 Å². The maximum atomic E-state index is 12.5. The third kappa shape index (κ3) is 2.61. The summed E-state index contributed by atoms with van der Waals surface area (Å²) in [6.45, 7) is 5.58. The summed E-state index contributed by atoms with van der Waals surface area (Å²) in [5, 5.41) is 0. The third-order valence-corrected chi connectivity index (χ3v) is 3.31. The molecule has 0 atom stereocenters. The summed E-state index contributed by atoms with van der Waals surface area (Å²) in [5.41, 5.74) is 1.72. The Morgan fingerprint density at radius 1 is 1.25 bits per heavy atom. The molecular formula is C15H20N2O3. The maximum absolute atomic E-state index is 12.5. The Balaban J connectivity index is 2.36. The summed E-state index contributed by atoms with van der Waals surface area (Å²) >= 11 is 0. The Bertz CT molecular complexity index is 663. The number of aryl methyl sites for hydroxylation is 1. The van der Waals surface area contributed by atoms with E-state index in [1.165, 1.54) is 4.57 Å². The van der Waals surface area contributed by atoms with Gasteiger partial charge in [0.1, 0.15) is 0 Å². The molecular weight excluding hydrogens is 256 g/mol. The normalized spacial score (nSPS) is 10.9. The molecule has 0 aliphatic rings. The number of benzene rings is 1. The van der Waals surface area contributed by atoms with Crippen LogP contribution in [-0.2, 0) is 7.05 Å². The Morgan fingerprint density at radius 2 is 1.90 bits per heavy atom. The van der Waals surface area contributed by atoms with Crippen LogP contribution in [0.15, 0.2) is 27.4 Å². The molecule has 1 aromatic carbocycles. The minimum absolute atomic E-state index is 0.0119. The van der Waals surface area contributed by atoms with Gasteiger partial charge in [-0.3, -0.25) is 9.36 Å². The smallest absolute Gasteiger partial charge is 0.408 e. The van der Waals surface area contributed by atoms with Gasteiger partial charge in [-0.25, -0.2) is 4.79 Å². The molecule has 2 aromatic rings. The van der Waals surface area contributed by atoms with E-state index in [9.17, 15) is 9.59 Å². The molecule has 0 bridgehead atoms. The first-order valence-electron chi connectivity index (χ1n) is 6.97. The molecule has 1 amide bonds. The Kier molecular flexibility index (Phi) is 4.27. The minimum atomic E-state index is -0.413. The highest BCUT2D eigenvalue weighted by atomic mass is 16.4. The first-order valence-corrected chi connectivity index (χ1v) is 6.97. The summed E-state index contributed by atoms with van der Waals surface area (Å²) < 4.78 is 6.56. The molecule has 0 fully saturated rings. The van der Waals surface area contributed by atoms with Crippen molar-refractivity contribution in [2.24, 2.45) is 7.05 Å². The molecule has 1 heterocycles. The first kappa shape index (κ1) is 14.4. The van der Waals surface area contributed by atoms with Crippen molar-refractivity contribution in [3.63, 3.8) is 0 Å². The van der Waals surface area contributed by atoms with E-state index in [2.05, 4.69) is 13.8 Å². The van der Waals surface area contributed by atoms with Gasteiger partial charge in [-0.15, -0.1) is 0 Å². The molecule has 0 aliphatic carbocycles. The fourth-order valence-corrected chi connectivity index (χ4v) is 2.30. The van der Waals surface area contributed by atoms with Crippen LogP contribution in [0.25, 0.3) is 11.1 Å². The van der Waals surface area contributed by atoms with Crippen molar-refractivity contribution in [2.45, 2.75) is 26.7 Å². The van der Waals surface area contributed by atoms with Crippen LogP contribution >= 0.6 is 0 Å². The summed E-state index contributed by atoms with van der Waals surface area (Å²) in [4.78, 5) is 25.8. The number of nitrogens with zero attached hydrogens (tertiary/aromatic N) is 2. The lowest BCUT2D eigenvalue weighted by atomic mass is 10.1. The molecule has 0 unspecified atom stereocenters. The molecule has 1 aromatic heterocycles. The number of hydrogen-bond donors (Lipinski definition) is 0. The van der Waals surface area contributed by atoms with Crippen LogP contribution in [0.3, 0.4) is 0 Å².